The maximum Gasteiger partial charge on any atom is 0.336 e. The fraction of sp³-hybridized carbons (Fsp3) is 0. The van der Waals surface area contributed by atoms with Crippen LogP contribution in [-0.4, -0.2) is 16.1 Å². The number of hydrogen-bond donors (Lipinski definition) is 1. The van der Waals surface area contributed by atoms with Gasteiger partial charge in [-0.25, -0.2) is 9.78 Å². The highest BCUT2D eigenvalue weighted by Gasteiger charge is 2.09. The van der Waals surface area contributed by atoms with Crippen molar-refractivity contribution in [3.8, 4) is 0 Å². The lowest BCUT2D eigenvalue weighted by atomic mass is 10.2. The number of benzene rings is 1. The summed E-state index contributed by atoms with van der Waals surface area (Å²) in [7, 11) is 0. The fourth-order valence-electron chi connectivity index (χ4n) is 1.26. The molecule has 0 amide bonds. The Balaban J connectivity index is 2.29. The summed E-state index contributed by atoms with van der Waals surface area (Å²) in [6.07, 6.45) is 1.71. The lowest BCUT2D eigenvalue weighted by Gasteiger charge is -2.03. The number of nitrogens with zero attached hydrogens (tertiary/aromatic N) is 1. The standard InChI is InChI=1S/C12H8BrNO2S/c13-10-5-4-8(7-9(10)12(15)16)17-11-3-1-2-6-14-11/h1-7H,(H,15,16). The minimum atomic E-state index is -0.944. The highest BCUT2D eigenvalue weighted by molar-refractivity contribution is 9.10. The van der Waals surface area contributed by atoms with E-state index < -0.39 is 5.97 Å². The van der Waals surface area contributed by atoms with Crippen molar-refractivity contribution in [1.29, 1.82) is 0 Å². The maximum absolute atomic E-state index is 11.0. The second kappa shape index (κ2) is 5.33. The van der Waals surface area contributed by atoms with E-state index in [0.717, 1.165) is 9.92 Å². The van der Waals surface area contributed by atoms with Crippen molar-refractivity contribution in [2.24, 2.45) is 0 Å². The third kappa shape index (κ3) is 3.08. The second-order valence-electron chi connectivity index (χ2n) is 3.22. The van der Waals surface area contributed by atoms with Crippen LogP contribution in [0.1, 0.15) is 10.4 Å². The first-order chi connectivity index (χ1) is 8.16. The molecule has 0 saturated carbocycles. The Kier molecular flexibility index (Phi) is 3.81. The summed E-state index contributed by atoms with van der Waals surface area (Å²) in [6, 6.07) is 10.8. The summed E-state index contributed by atoms with van der Waals surface area (Å²) in [5, 5.41) is 9.84. The number of aromatic nitrogens is 1. The molecule has 2 aromatic rings. The van der Waals surface area contributed by atoms with Crippen molar-refractivity contribution < 1.29 is 9.90 Å². The summed E-state index contributed by atoms with van der Waals surface area (Å²) >= 11 is 4.64. The first kappa shape index (κ1) is 12.1. The van der Waals surface area contributed by atoms with Crippen LogP contribution in [0.25, 0.3) is 0 Å². The number of hydrogen-bond acceptors (Lipinski definition) is 3. The van der Waals surface area contributed by atoms with Gasteiger partial charge in [0.2, 0.25) is 0 Å². The SMILES string of the molecule is O=C(O)c1cc(Sc2ccccn2)ccc1Br. The Morgan fingerprint density at radius 1 is 1.29 bits per heavy atom. The van der Waals surface area contributed by atoms with Gasteiger partial charge < -0.3 is 5.11 Å². The van der Waals surface area contributed by atoms with Crippen molar-refractivity contribution in [2.45, 2.75) is 9.92 Å². The first-order valence-corrected chi connectivity index (χ1v) is 6.39. The molecule has 86 valence electrons. The van der Waals surface area contributed by atoms with Gasteiger partial charge in [-0.2, -0.15) is 0 Å². The van der Waals surface area contributed by atoms with Crippen LogP contribution in [0.3, 0.4) is 0 Å². The number of halogens is 1. The number of carboxylic acids is 1. The summed E-state index contributed by atoms with van der Waals surface area (Å²) in [6.45, 7) is 0. The molecule has 2 rings (SSSR count). The van der Waals surface area contributed by atoms with Gasteiger partial charge in [-0.15, -0.1) is 0 Å². The van der Waals surface area contributed by atoms with Gasteiger partial charge in [0, 0.05) is 15.6 Å². The van der Waals surface area contributed by atoms with E-state index in [0.29, 0.717) is 4.47 Å². The van der Waals surface area contributed by atoms with Crippen LogP contribution < -0.4 is 0 Å². The summed E-state index contributed by atoms with van der Waals surface area (Å²) < 4.78 is 0.579. The van der Waals surface area contributed by atoms with E-state index in [9.17, 15) is 4.79 Å². The minimum Gasteiger partial charge on any atom is -0.478 e. The molecule has 1 aromatic heterocycles. The maximum atomic E-state index is 11.0. The molecule has 0 spiro atoms. The van der Waals surface area contributed by atoms with E-state index in [1.807, 2.05) is 24.3 Å². The smallest absolute Gasteiger partial charge is 0.336 e. The molecular weight excluding hydrogens is 302 g/mol. The van der Waals surface area contributed by atoms with Crippen molar-refractivity contribution in [3.05, 3.63) is 52.6 Å². The minimum absolute atomic E-state index is 0.255. The topological polar surface area (TPSA) is 50.2 Å². The molecule has 0 saturated heterocycles. The van der Waals surface area contributed by atoms with Crippen LogP contribution >= 0.6 is 27.7 Å². The predicted molar refractivity (Wildman–Crippen MR) is 69.5 cm³/mol. The molecule has 0 atom stereocenters. The molecule has 0 radical (unpaired) electrons. The number of aromatic carboxylic acids is 1. The molecule has 0 aliphatic carbocycles. The van der Waals surface area contributed by atoms with Crippen LogP contribution in [0.2, 0.25) is 0 Å². The van der Waals surface area contributed by atoms with Crippen molar-refractivity contribution >= 4 is 33.7 Å². The van der Waals surface area contributed by atoms with E-state index in [4.69, 9.17) is 5.11 Å². The van der Waals surface area contributed by atoms with Crippen LogP contribution in [0.4, 0.5) is 0 Å². The zero-order valence-electron chi connectivity index (χ0n) is 8.63. The normalized spacial score (nSPS) is 10.2. The second-order valence-corrected chi connectivity index (χ2v) is 5.16. The summed E-state index contributed by atoms with van der Waals surface area (Å²) in [4.78, 5) is 16.0. The Hall–Kier alpha value is -1.33. The average molecular weight is 310 g/mol. The number of carboxylic acid groups (broad SMARTS) is 1. The van der Waals surface area contributed by atoms with Gasteiger partial charge in [0.1, 0.15) is 5.03 Å². The van der Waals surface area contributed by atoms with E-state index >= 15 is 0 Å². The molecule has 1 heterocycles. The Morgan fingerprint density at radius 2 is 2.12 bits per heavy atom. The van der Waals surface area contributed by atoms with Crippen LogP contribution in [-0.2, 0) is 0 Å². The molecule has 3 nitrogen and oxygen atoms in total. The number of pyridine rings is 1. The first-order valence-electron chi connectivity index (χ1n) is 4.78. The van der Waals surface area contributed by atoms with Gasteiger partial charge in [0.05, 0.1) is 5.56 Å². The lowest BCUT2D eigenvalue weighted by molar-refractivity contribution is 0.0695. The van der Waals surface area contributed by atoms with Crippen LogP contribution in [0, 0.1) is 0 Å². The van der Waals surface area contributed by atoms with E-state index in [-0.39, 0.29) is 5.56 Å². The predicted octanol–water partition coefficient (Wildman–Crippen LogP) is 3.69. The van der Waals surface area contributed by atoms with Crippen molar-refractivity contribution in [1.82, 2.24) is 4.98 Å². The zero-order chi connectivity index (χ0) is 12.3. The quantitative estimate of drug-likeness (QED) is 0.939. The molecular formula is C12H8BrNO2S. The average Bonchev–Trinajstić information content (AvgIpc) is 2.32. The highest BCUT2D eigenvalue weighted by atomic mass is 79.9. The molecule has 1 N–H and O–H groups in total. The Bertz CT molecular complexity index is 545. The number of carbonyl (C=O) groups is 1. The van der Waals surface area contributed by atoms with Crippen LogP contribution in [0.5, 0.6) is 0 Å². The van der Waals surface area contributed by atoms with Crippen molar-refractivity contribution in [3.63, 3.8) is 0 Å². The monoisotopic (exact) mass is 309 g/mol. The molecule has 5 heteroatoms. The fourth-order valence-corrected chi connectivity index (χ4v) is 2.49. The van der Waals surface area contributed by atoms with E-state index in [1.54, 1.807) is 18.3 Å². The van der Waals surface area contributed by atoms with Gasteiger partial charge in [0.15, 0.2) is 0 Å². The molecule has 0 bridgehead atoms. The van der Waals surface area contributed by atoms with E-state index in [2.05, 4.69) is 20.9 Å². The van der Waals surface area contributed by atoms with Gasteiger partial charge in [-0.1, -0.05) is 17.8 Å². The lowest BCUT2D eigenvalue weighted by Crippen LogP contribution is -1.97. The molecule has 0 fully saturated rings. The van der Waals surface area contributed by atoms with Crippen LogP contribution in [0.15, 0.2) is 57.0 Å². The molecule has 0 aliphatic heterocycles. The zero-order valence-corrected chi connectivity index (χ0v) is 11.0. The van der Waals surface area contributed by atoms with Gasteiger partial charge >= 0.3 is 5.97 Å². The largest absolute Gasteiger partial charge is 0.478 e. The van der Waals surface area contributed by atoms with Gasteiger partial charge in [-0.05, 0) is 46.3 Å². The molecule has 0 unspecified atom stereocenters. The summed E-state index contributed by atoms with van der Waals surface area (Å²) in [5.74, 6) is -0.944. The van der Waals surface area contributed by atoms with E-state index in [1.165, 1.54) is 11.8 Å². The molecule has 1 aromatic carbocycles. The Morgan fingerprint density at radius 3 is 2.76 bits per heavy atom. The molecule has 0 aliphatic rings. The van der Waals surface area contributed by atoms with Gasteiger partial charge in [0.25, 0.3) is 0 Å². The van der Waals surface area contributed by atoms with Gasteiger partial charge in [-0.3, -0.25) is 0 Å². The highest BCUT2D eigenvalue weighted by Crippen LogP contribution is 2.29. The molecule has 17 heavy (non-hydrogen) atoms. The third-order valence-electron chi connectivity index (χ3n) is 2.03. The third-order valence-corrected chi connectivity index (χ3v) is 3.66. The number of rotatable bonds is 3. The van der Waals surface area contributed by atoms with Crippen molar-refractivity contribution in [2.75, 3.05) is 0 Å². The Labute approximate surface area is 111 Å². The summed E-state index contributed by atoms with van der Waals surface area (Å²) in [5.41, 5.74) is 0.255.